The van der Waals surface area contributed by atoms with Gasteiger partial charge in [-0.05, 0) is 54.4 Å². The highest BCUT2D eigenvalue weighted by molar-refractivity contribution is 9.10. The van der Waals surface area contributed by atoms with Gasteiger partial charge in [-0.3, -0.25) is 4.79 Å². The van der Waals surface area contributed by atoms with Gasteiger partial charge in [-0.15, -0.1) is 0 Å². The number of hydrazone groups is 1. The van der Waals surface area contributed by atoms with Crippen LogP contribution in [0.3, 0.4) is 0 Å². The lowest BCUT2D eigenvalue weighted by Crippen LogP contribution is -2.27. The highest BCUT2D eigenvalue weighted by Crippen LogP contribution is 2.38. The number of fused-ring (bicyclic) bond motifs is 1. The summed E-state index contributed by atoms with van der Waals surface area (Å²) < 4.78 is 0.991. The summed E-state index contributed by atoms with van der Waals surface area (Å²) in [4.78, 5) is 18.1. The maximum atomic E-state index is 13.4. The molecule has 0 fully saturated rings. The second-order valence-corrected chi connectivity index (χ2v) is 9.13. The first-order valence-electron chi connectivity index (χ1n) is 10.3. The molecule has 0 unspecified atom stereocenters. The number of amides is 1. The van der Waals surface area contributed by atoms with Gasteiger partial charge in [0.15, 0.2) is 0 Å². The number of halogens is 2. The van der Waals surface area contributed by atoms with Crippen molar-refractivity contribution in [3.63, 3.8) is 0 Å². The number of nitrogens with zero attached hydrogens (tertiary/aromatic N) is 3. The van der Waals surface area contributed by atoms with Gasteiger partial charge in [0.25, 0.3) is 5.91 Å². The molecule has 1 aliphatic rings. The molecule has 4 aromatic rings. The molecule has 0 spiro atoms. The highest BCUT2D eigenvalue weighted by atomic mass is 79.9. The largest absolute Gasteiger partial charge is 0.274 e. The van der Waals surface area contributed by atoms with Gasteiger partial charge < -0.3 is 0 Å². The van der Waals surface area contributed by atoms with Gasteiger partial charge in [0.05, 0.1) is 17.3 Å². The summed E-state index contributed by atoms with van der Waals surface area (Å²) in [7, 11) is 0. The minimum Gasteiger partial charge on any atom is -0.267 e. The number of aryl methyl sites for hydroxylation is 1. The predicted octanol–water partition coefficient (Wildman–Crippen LogP) is 6.95. The molecule has 0 saturated carbocycles. The number of pyridine rings is 1. The first kappa shape index (κ1) is 20.9. The van der Waals surface area contributed by atoms with E-state index in [1.165, 1.54) is 0 Å². The first-order chi connectivity index (χ1) is 15.5. The Hall–Kier alpha value is -3.02. The molecule has 0 N–H and O–H groups in total. The topological polar surface area (TPSA) is 45.6 Å². The fraction of sp³-hybridized carbons (Fsp3) is 0.115. The number of hydrogen-bond acceptors (Lipinski definition) is 3. The Labute approximate surface area is 199 Å². The minimum absolute atomic E-state index is 0.164. The second kappa shape index (κ2) is 8.49. The van der Waals surface area contributed by atoms with Crippen molar-refractivity contribution < 1.29 is 4.79 Å². The second-order valence-electron chi connectivity index (χ2n) is 7.85. The van der Waals surface area contributed by atoms with Gasteiger partial charge in [-0.1, -0.05) is 70.0 Å². The third-order valence-corrected chi connectivity index (χ3v) is 6.46. The zero-order chi connectivity index (χ0) is 22.2. The van der Waals surface area contributed by atoms with Gasteiger partial charge in [0, 0.05) is 27.4 Å². The first-order valence-corrected chi connectivity index (χ1v) is 11.5. The number of carbonyl (C=O) groups excluding carboxylic acids is 1. The average molecular weight is 505 g/mol. The van der Waals surface area contributed by atoms with E-state index in [0.29, 0.717) is 17.1 Å². The molecule has 5 rings (SSSR count). The summed E-state index contributed by atoms with van der Waals surface area (Å²) in [5.41, 5.74) is 5.15. The Kier molecular flexibility index (Phi) is 5.53. The monoisotopic (exact) mass is 503 g/mol. The summed E-state index contributed by atoms with van der Waals surface area (Å²) in [5.74, 6) is -0.164. The molecular weight excluding hydrogens is 486 g/mol. The van der Waals surface area contributed by atoms with E-state index >= 15 is 0 Å². The van der Waals surface area contributed by atoms with Crippen LogP contribution in [0.1, 0.15) is 39.5 Å². The molecule has 4 nitrogen and oxygen atoms in total. The third-order valence-electron chi connectivity index (χ3n) is 5.63. The van der Waals surface area contributed by atoms with Crippen molar-refractivity contribution in [3.8, 4) is 0 Å². The molecule has 2 heterocycles. The van der Waals surface area contributed by atoms with E-state index in [0.717, 1.165) is 37.8 Å². The maximum absolute atomic E-state index is 13.4. The van der Waals surface area contributed by atoms with Crippen molar-refractivity contribution in [1.82, 2.24) is 9.99 Å². The fourth-order valence-electron chi connectivity index (χ4n) is 3.97. The highest BCUT2D eigenvalue weighted by Gasteiger charge is 2.35. The summed E-state index contributed by atoms with van der Waals surface area (Å²) >= 11 is 10.1. The average Bonchev–Trinajstić information content (AvgIpc) is 3.24. The van der Waals surface area contributed by atoms with Crippen LogP contribution in [0.5, 0.6) is 0 Å². The van der Waals surface area contributed by atoms with Crippen LogP contribution in [0.2, 0.25) is 5.15 Å². The van der Waals surface area contributed by atoms with Crippen LogP contribution in [0, 0.1) is 6.92 Å². The van der Waals surface area contributed by atoms with Gasteiger partial charge >= 0.3 is 0 Å². The summed E-state index contributed by atoms with van der Waals surface area (Å²) in [6, 6.07) is 24.9. The molecule has 32 heavy (non-hydrogen) atoms. The third kappa shape index (κ3) is 3.94. The summed E-state index contributed by atoms with van der Waals surface area (Å²) in [5, 5.41) is 7.69. The summed E-state index contributed by atoms with van der Waals surface area (Å²) in [6.07, 6.45) is 0.555. The van der Waals surface area contributed by atoms with Crippen LogP contribution in [0.15, 0.2) is 88.4 Å². The Morgan fingerprint density at radius 2 is 1.78 bits per heavy atom. The van der Waals surface area contributed by atoms with Crippen molar-refractivity contribution in [2.75, 3.05) is 0 Å². The minimum atomic E-state index is -0.341. The van der Waals surface area contributed by atoms with Gasteiger partial charge in [-0.2, -0.15) is 5.10 Å². The van der Waals surface area contributed by atoms with Crippen molar-refractivity contribution in [1.29, 1.82) is 0 Å². The molecule has 1 atom stereocenters. The Balaban J connectivity index is 1.60. The standard InChI is InChI=1S/C26H19BrClN3O/c1-16-7-8-19-14-21(25(28)29-22(19)13-16)24-15-23(17-9-11-20(27)12-10-17)30-31(24)26(32)18-5-3-2-4-6-18/h2-14,24H,15H2,1H3/t24-/m1/s1. The molecule has 0 radical (unpaired) electrons. The normalized spacial score (nSPS) is 15.8. The molecule has 1 aliphatic heterocycles. The molecule has 0 bridgehead atoms. The van der Waals surface area contributed by atoms with E-state index in [1.54, 1.807) is 17.1 Å². The molecule has 1 amide bonds. The van der Waals surface area contributed by atoms with Gasteiger partial charge in [-0.25, -0.2) is 9.99 Å². The lowest BCUT2D eigenvalue weighted by atomic mass is 9.98. The predicted molar refractivity (Wildman–Crippen MR) is 132 cm³/mol. The number of hydrogen-bond donors (Lipinski definition) is 0. The van der Waals surface area contributed by atoms with Crippen LogP contribution in [-0.4, -0.2) is 21.6 Å². The van der Waals surface area contributed by atoms with Crippen molar-refractivity contribution in [3.05, 3.63) is 111 Å². The van der Waals surface area contributed by atoms with Gasteiger partial charge in [0.1, 0.15) is 5.15 Å². The van der Waals surface area contributed by atoms with Crippen LogP contribution >= 0.6 is 27.5 Å². The van der Waals surface area contributed by atoms with Crippen LogP contribution in [0.4, 0.5) is 0 Å². The molecule has 1 aromatic heterocycles. The quantitative estimate of drug-likeness (QED) is 0.283. The van der Waals surface area contributed by atoms with Crippen molar-refractivity contribution >= 4 is 50.1 Å². The number of rotatable bonds is 3. The summed E-state index contributed by atoms with van der Waals surface area (Å²) in [6.45, 7) is 2.03. The maximum Gasteiger partial charge on any atom is 0.274 e. The van der Waals surface area contributed by atoms with E-state index in [9.17, 15) is 4.79 Å². The molecule has 158 valence electrons. The van der Waals surface area contributed by atoms with E-state index in [1.807, 2.05) is 73.7 Å². The molecular formula is C26H19BrClN3O. The van der Waals surface area contributed by atoms with Gasteiger partial charge in [0.2, 0.25) is 0 Å². The van der Waals surface area contributed by atoms with Crippen LogP contribution < -0.4 is 0 Å². The number of carbonyl (C=O) groups is 1. The molecule has 6 heteroatoms. The Bertz CT molecular complexity index is 1350. The van der Waals surface area contributed by atoms with E-state index in [-0.39, 0.29) is 11.9 Å². The number of benzene rings is 3. The Morgan fingerprint density at radius 3 is 2.53 bits per heavy atom. The van der Waals surface area contributed by atoms with Crippen LogP contribution in [-0.2, 0) is 0 Å². The number of aromatic nitrogens is 1. The Morgan fingerprint density at radius 1 is 1.03 bits per heavy atom. The fourth-order valence-corrected chi connectivity index (χ4v) is 4.51. The van der Waals surface area contributed by atoms with Crippen LogP contribution in [0.25, 0.3) is 10.9 Å². The lowest BCUT2D eigenvalue weighted by Gasteiger charge is -2.23. The van der Waals surface area contributed by atoms with E-state index in [4.69, 9.17) is 16.7 Å². The SMILES string of the molecule is Cc1ccc2cc([C@H]3CC(c4ccc(Br)cc4)=NN3C(=O)c3ccccc3)c(Cl)nc2c1. The van der Waals surface area contributed by atoms with E-state index in [2.05, 4.69) is 20.9 Å². The zero-order valence-corrected chi connectivity index (χ0v) is 19.6. The van der Waals surface area contributed by atoms with Crippen molar-refractivity contribution in [2.24, 2.45) is 5.10 Å². The zero-order valence-electron chi connectivity index (χ0n) is 17.3. The van der Waals surface area contributed by atoms with E-state index < -0.39 is 0 Å². The van der Waals surface area contributed by atoms with Crippen molar-refractivity contribution in [2.45, 2.75) is 19.4 Å². The lowest BCUT2D eigenvalue weighted by molar-refractivity contribution is 0.0711. The molecule has 0 saturated heterocycles. The smallest absolute Gasteiger partial charge is 0.267 e. The molecule has 0 aliphatic carbocycles. The molecule has 3 aromatic carbocycles.